The van der Waals surface area contributed by atoms with Gasteiger partial charge in [0.05, 0.1) is 19.1 Å². The van der Waals surface area contributed by atoms with E-state index in [2.05, 4.69) is 11.9 Å². The smallest absolute Gasteiger partial charge is 0.317 e. The molecule has 0 radical (unpaired) electrons. The summed E-state index contributed by atoms with van der Waals surface area (Å²) in [5, 5.41) is 11.4. The van der Waals surface area contributed by atoms with Crippen molar-refractivity contribution in [2.75, 3.05) is 26.2 Å². The molecule has 1 atom stereocenters. The quantitative estimate of drug-likeness (QED) is 0.701. The highest BCUT2D eigenvalue weighted by Crippen LogP contribution is 2.08. The standard InChI is InChI=1S/C11H18N2O4/c1-8(2)6-12-11(16)13-3-4-17-9(7-13)5-10(14)15/h9H,1,3-7H2,2H3,(H,12,16)(H,14,15). The minimum absolute atomic E-state index is 0.0791. The number of nitrogens with zero attached hydrogens (tertiary/aromatic N) is 1. The van der Waals surface area contributed by atoms with Crippen LogP contribution in [-0.2, 0) is 9.53 Å². The summed E-state index contributed by atoms with van der Waals surface area (Å²) in [6, 6.07) is -0.202. The van der Waals surface area contributed by atoms with Gasteiger partial charge < -0.3 is 20.1 Å². The zero-order valence-corrected chi connectivity index (χ0v) is 9.94. The molecule has 0 aromatic rings. The number of carboxylic acids is 1. The van der Waals surface area contributed by atoms with E-state index in [1.54, 1.807) is 4.90 Å². The second-order valence-corrected chi connectivity index (χ2v) is 4.15. The van der Waals surface area contributed by atoms with Crippen molar-refractivity contribution in [3.05, 3.63) is 12.2 Å². The van der Waals surface area contributed by atoms with Crippen LogP contribution in [-0.4, -0.2) is 54.4 Å². The molecule has 1 saturated heterocycles. The van der Waals surface area contributed by atoms with Crippen molar-refractivity contribution in [3.63, 3.8) is 0 Å². The number of aliphatic carboxylic acids is 1. The van der Waals surface area contributed by atoms with Gasteiger partial charge >= 0.3 is 12.0 Å². The summed E-state index contributed by atoms with van der Waals surface area (Å²) >= 11 is 0. The summed E-state index contributed by atoms with van der Waals surface area (Å²) in [7, 11) is 0. The predicted octanol–water partition coefficient (Wildman–Crippen LogP) is 0.448. The van der Waals surface area contributed by atoms with Gasteiger partial charge in [-0.25, -0.2) is 4.79 Å². The van der Waals surface area contributed by atoms with E-state index in [0.29, 0.717) is 26.2 Å². The van der Waals surface area contributed by atoms with Gasteiger partial charge in [-0.2, -0.15) is 0 Å². The van der Waals surface area contributed by atoms with Crippen molar-refractivity contribution in [1.82, 2.24) is 10.2 Å². The Balaban J connectivity index is 2.40. The number of ether oxygens (including phenoxy) is 1. The highest BCUT2D eigenvalue weighted by Gasteiger charge is 2.25. The van der Waals surface area contributed by atoms with Gasteiger partial charge in [0.15, 0.2) is 0 Å². The fraction of sp³-hybridized carbons (Fsp3) is 0.636. The van der Waals surface area contributed by atoms with Crippen LogP contribution in [0.5, 0.6) is 0 Å². The Labute approximate surface area is 100 Å². The van der Waals surface area contributed by atoms with Crippen molar-refractivity contribution in [2.24, 2.45) is 0 Å². The fourth-order valence-electron chi connectivity index (χ4n) is 1.56. The van der Waals surface area contributed by atoms with Crippen LogP contribution in [0.1, 0.15) is 13.3 Å². The number of amides is 2. The Morgan fingerprint density at radius 1 is 1.59 bits per heavy atom. The molecule has 1 aliphatic rings. The molecule has 1 unspecified atom stereocenters. The largest absolute Gasteiger partial charge is 0.481 e. The molecule has 1 heterocycles. The molecule has 0 saturated carbocycles. The number of rotatable bonds is 4. The zero-order valence-electron chi connectivity index (χ0n) is 9.94. The maximum atomic E-state index is 11.7. The molecule has 6 nitrogen and oxygen atoms in total. The summed E-state index contributed by atoms with van der Waals surface area (Å²) in [5.74, 6) is -0.917. The number of carboxylic acid groups (broad SMARTS) is 1. The van der Waals surface area contributed by atoms with E-state index >= 15 is 0 Å². The summed E-state index contributed by atoms with van der Waals surface area (Å²) < 4.78 is 5.27. The van der Waals surface area contributed by atoms with Gasteiger partial charge in [-0.3, -0.25) is 4.79 Å². The molecule has 1 aliphatic heterocycles. The summed E-state index contributed by atoms with van der Waals surface area (Å²) in [4.78, 5) is 23.8. The SMILES string of the molecule is C=C(C)CNC(=O)N1CCOC(CC(=O)O)C1. The molecule has 17 heavy (non-hydrogen) atoms. The van der Waals surface area contributed by atoms with Crippen LogP contribution in [0.4, 0.5) is 4.79 Å². The molecule has 1 rings (SSSR count). The number of morpholine rings is 1. The molecule has 0 aromatic heterocycles. The Kier molecular flexibility index (Phi) is 4.96. The van der Waals surface area contributed by atoms with Crippen molar-refractivity contribution in [2.45, 2.75) is 19.4 Å². The van der Waals surface area contributed by atoms with Gasteiger partial charge in [-0.1, -0.05) is 12.2 Å². The number of carbonyl (C=O) groups excluding carboxylic acids is 1. The van der Waals surface area contributed by atoms with Crippen molar-refractivity contribution < 1.29 is 19.4 Å². The van der Waals surface area contributed by atoms with Gasteiger partial charge in [0.1, 0.15) is 0 Å². The minimum atomic E-state index is -0.917. The van der Waals surface area contributed by atoms with Crippen molar-refractivity contribution >= 4 is 12.0 Å². The lowest BCUT2D eigenvalue weighted by molar-refractivity contribution is -0.141. The summed E-state index contributed by atoms with van der Waals surface area (Å²) in [6.45, 7) is 7.12. The second-order valence-electron chi connectivity index (χ2n) is 4.15. The molecule has 0 bridgehead atoms. The fourth-order valence-corrected chi connectivity index (χ4v) is 1.56. The first-order valence-electron chi connectivity index (χ1n) is 5.49. The van der Waals surface area contributed by atoms with E-state index in [4.69, 9.17) is 9.84 Å². The van der Waals surface area contributed by atoms with Crippen LogP contribution in [0.15, 0.2) is 12.2 Å². The van der Waals surface area contributed by atoms with E-state index in [0.717, 1.165) is 5.57 Å². The number of nitrogens with one attached hydrogen (secondary N) is 1. The molecule has 0 spiro atoms. The van der Waals surface area contributed by atoms with E-state index < -0.39 is 12.1 Å². The lowest BCUT2D eigenvalue weighted by atomic mass is 10.2. The third kappa shape index (κ3) is 4.86. The van der Waals surface area contributed by atoms with E-state index in [1.807, 2.05) is 6.92 Å². The highest BCUT2D eigenvalue weighted by atomic mass is 16.5. The maximum absolute atomic E-state index is 11.7. The number of hydrogen-bond donors (Lipinski definition) is 2. The van der Waals surface area contributed by atoms with Crippen molar-refractivity contribution in [1.29, 1.82) is 0 Å². The van der Waals surface area contributed by atoms with Gasteiger partial charge in [0.25, 0.3) is 0 Å². The van der Waals surface area contributed by atoms with Crippen LogP contribution in [0, 0.1) is 0 Å². The molecule has 1 fully saturated rings. The Morgan fingerprint density at radius 3 is 2.88 bits per heavy atom. The molecule has 0 aliphatic carbocycles. The van der Waals surface area contributed by atoms with Crippen LogP contribution >= 0.6 is 0 Å². The van der Waals surface area contributed by atoms with Crippen LogP contribution in [0.25, 0.3) is 0 Å². The van der Waals surface area contributed by atoms with Crippen LogP contribution in [0.3, 0.4) is 0 Å². The third-order valence-electron chi connectivity index (χ3n) is 2.37. The maximum Gasteiger partial charge on any atom is 0.317 e. The highest BCUT2D eigenvalue weighted by molar-refractivity contribution is 5.74. The lowest BCUT2D eigenvalue weighted by Crippen LogP contribution is -2.50. The summed E-state index contributed by atoms with van der Waals surface area (Å²) in [6.07, 6.45) is -0.499. The van der Waals surface area contributed by atoms with Gasteiger partial charge in [-0.15, -0.1) is 0 Å². The van der Waals surface area contributed by atoms with E-state index in [9.17, 15) is 9.59 Å². The normalized spacial score (nSPS) is 19.8. The van der Waals surface area contributed by atoms with Crippen LogP contribution < -0.4 is 5.32 Å². The minimum Gasteiger partial charge on any atom is -0.481 e. The Bertz CT molecular complexity index is 317. The molecule has 6 heteroatoms. The predicted molar refractivity (Wildman–Crippen MR) is 61.8 cm³/mol. The van der Waals surface area contributed by atoms with Gasteiger partial charge in [0.2, 0.25) is 0 Å². The molecule has 96 valence electrons. The molecule has 2 N–H and O–H groups in total. The lowest BCUT2D eigenvalue weighted by Gasteiger charge is -2.32. The number of hydrogen-bond acceptors (Lipinski definition) is 3. The first-order chi connectivity index (χ1) is 7.99. The number of carbonyl (C=O) groups is 2. The molecular weight excluding hydrogens is 224 g/mol. The first kappa shape index (κ1) is 13.5. The Morgan fingerprint density at radius 2 is 2.29 bits per heavy atom. The topological polar surface area (TPSA) is 78.9 Å². The molecule has 2 amide bonds. The second kappa shape index (κ2) is 6.24. The van der Waals surface area contributed by atoms with Gasteiger partial charge in [0, 0.05) is 19.6 Å². The first-order valence-corrected chi connectivity index (χ1v) is 5.49. The third-order valence-corrected chi connectivity index (χ3v) is 2.37. The van der Waals surface area contributed by atoms with E-state index in [-0.39, 0.29) is 12.5 Å². The van der Waals surface area contributed by atoms with Gasteiger partial charge in [-0.05, 0) is 6.92 Å². The zero-order chi connectivity index (χ0) is 12.8. The van der Waals surface area contributed by atoms with E-state index in [1.165, 1.54) is 0 Å². The molecular formula is C11H18N2O4. The van der Waals surface area contributed by atoms with Crippen LogP contribution in [0.2, 0.25) is 0 Å². The summed E-state index contributed by atoms with van der Waals surface area (Å²) in [5.41, 5.74) is 0.869. The number of urea groups is 1. The monoisotopic (exact) mass is 242 g/mol. The average molecular weight is 242 g/mol. The van der Waals surface area contributed by atoms with Crippen molar-refractivity contribution in [3.8, 4) is 0 Å². The average Bonchev–Trinajstić information content (AvgIpc) is 2.25. The molecule has 0 aromatic carbocycles. The Hall–Kier alpha value is -1.56.